The molecular weight excluding hydrogens is 346 g/mol. The molecule has 4 rings (SSSR count). The summed E-state index contributed by atoms with van der Waals surface area (Å²) in [4.78, 5) is 12.1. The minimum Gasteiger partial charge on any atom is -0.486 e. The lowest BCUT2D eigenvalue weighted by molar-refractivity contribution is -0.116. The Labute approximate surface area is 136 Å². The van der Waals surface area contributed by atoms with Crippen LogP contribution in [0.25, 0.3) is 0 Å². The van der Waals surface area contributed by atoms with Gasteiger partial charge in [-0.25, -0.2) is 0 Å². The first-order valence-corrected chi connectivity index (χ1v) is 7.99. The van der Waals surface area contributed by atoms with E-state index < -0.39 is 0 Å². The van der Waals surface area contributed by atoms with Gasteiger partial charge in [-0.2, -0.15) is 0 Å². The molecule has 0 spiro atoms. The SMILES string of the molecule is O=C1C[C@@H](c2cccc(Br)c2)c2cc3c(cc2N1)OCCO3. The number of hydrogen-bond acceptors (Lipinski definition) is 3. The van der Waals surface area contributed by atoms with Gasteiger partial charge in [-0.1, -0.05) is 28.1 Å². The van der Waals surface area contributed by atoms with Crippen molar-refractivity contribution in [2.24, 2.45) is 0 Å². The van der Waals surface area contributed by atoms with Gasteiger partial charge in [-0.15, -0.1) is 0 Å². The largest absolute Gasteiger partial charge is 0.486 e. The number of ether oxygens (including phenoxy) is 2. The Morgan fingerprint density at radius 3 is 2.64 bits per heavy atom. The molecule has 2 heterocycles. The first-order valence-electron chi connectivity index (χ1n) is 7.19. The van der Waals surface area contributed by atoms with E-state index in [9.17, 15) is 4.79 Å². The molecule has 0 fully saturated rings. The highest BCUT2D eigenvalue weighted by molar-refractivity contribution is 9.10. The van der Waals surface area contributed by atoms with Crippen LogP contribution in [0.3, 0.4) is 0 Å². The maximum atomic E-state index is 12.1. The third-order valence-electron chi connectivity index (χ3n) is 4.00. The van der Waals surface area contributed by atoms with Gasteiger partial charge < -0.3 is 14.8 Å². The summed E-state index contributed by atoms with van der Waals surface area (Å²) in [6, 6.07) is 11.9. The van der Waals surface area contributed by atoms with Crippen molar-refractivity contribution in [3.05, 3.63) is 52.0 Å². The zero-order chi connectivity index (χ0) is 15.1. The summed E-state index contributed by atoms with van der Waals surface area (Å²) < 4.78 is 12.3. The summed E-state index contributed by atoms with van der Waals surface area (Å²) in [5.74, 6) is 1.49. The fourth-order valence-corrected chi connectivity index (χ4v) is 3.44. The molecule has 1 amide bonds. The number of carbonyl (C=O) groups is 1. The summed E-state index contributed by atoms with van der Waals surface area (Å²) >= 11 is 3.50. The topological polar surface area (TPSA) is 47.6 Å². The molecule has 0 aliphatic carbocycles. The van der Waals surface area contributed by atoms with Crippen molar-refractivity contribution in [1.82, 2.24) is 0 Å². The second-order valence-electron chi connectivity index (χ2n) is 5.44. The van der Waals surface area contributed by atoms with Crippen LogP contribution < -0.4 is 14.8 Å². The quantitative estimate of drug-likeness (QED) is 0.844. The van der Waals surface area contributed by atoms with Crippen LogP contribution in [0.4, 0.5) is 5.69 Å². The molecule has 0 unspecified atom stereocenters. The third kappa shape index (κ3) is 2.35. The van der Waals surface area contributed by atoms with E-state index >= 15 is 0 Å². The van der Waals surface area contributed by atoms with Gasteiger partial charge in [0, 0.05) is 28.6 Å². The maximum Gasteiger partial charge on any atom is 0.225 e. The molecule has 2 aliphatic rings. The number of fused-ring (bicyclic) bond motifs is 2. The fourth-order valence-electron chi connectivity index (χ4n) is 3.02. The number of halogens is 1. The normalized spacial score (nSPS) is 19.3. The number of amides is 1. The minimum atomic E-state index is 0.0224. The zero-order valence-electron chi connectivity index (χ0n) is 11.8. The number of nitrogens with one attached hydrogen (secondary N) is 1. The van der Waals surface area contributed by atoms with Crippen molar-refractivity contribution in [3.63, 3.8) is 0 Å². The Hall–Kier alpha value is -2.01. The van der Waals surface area contributed by atoms with Crippen molar-refractivity contribution in [1.29, 1.82) is 0 Å². The van der Waals surface area contributed by atoms with Crippen molar-refractivity contribution < 1.29 is 14.3 Å². The second-order valence-corrected chi connectivity index (χ2v) is 6.36. The van der Waals surface area contributed by atoms with Crippen molar-refractivity contribution in [3.8, 4) is 11.5 Å². The van der Waals surface area contributed by atoms with Crippen LogP contribution in [0.1, 0.15) is 23.5 Å². The number of anilines is 1. The summed E-state index contributed by atoms with van der Waals surface area (Å²) in [6.07, 6.45) is 0.434. The van der Waals surface area contributed by atoms with Gasteiger partial charge >= 0.3 is 0 Å². The molecule has 0 saturated heterocycles. The van der Waals surface area contributed by atoms with Gasteiger partial charge in [-0.3, -0.25) is 4.79 Å². The summed E-state index contributed by atoms with van der Waals surface area (Å²) in [5, 5.41) is 2.94. The Morgan fingerprint density at radius 2 is 1.86 bits per heavy atom. The number of carbonyl (C=O) groups excluding carboxylic acids is 1. The number of rotatable bonds is 1. The van der Waals surface area contributed by atoms with E-state index in [2.05, 4.69) is 33.4 Å². The van der Waals surface area contributed by atoms with Gasteiger partial charge in [0.25, 0.3) is 0 Å². The lowest BCUT2D eigenvalue weighted by atomic mass is 9.84. The highest BCUT2D eigenvalue weighted by Gasteiger charge is 2.29. The van der Waals surface area contributed by atoms with Crippen molar-refractivity contribution in [2.45, 2.75) is 12.3 Å². The van der Waals surface area contributed by atoms with Crippen LogP contribution >= 0.6 is 15.9 Å². The first kappa shape index (κ1) is 13.6. The number of benzene rings is 2. The number of hydrogen-bond donors (Lipinski definition) is 1. The van der Waals surface area contributed by atoms with E-state index in [1.165, 1.54) is 0 Å². The average Bonchev–Trinajstić information content (AvgIpc) is 2.52. The van der Waals surface area contributed by atoms with Gasteiger partial charge in [0.2, 0.25) is 5.91 Å². The zero-order valence-corrected chi connectivity index (χ0v) is 13.4. The van der Waals surface area contributed by atoms with Crippen LogP contribution in [0.5, 0.6) is 11.5 Å². The van der Waals surface area contributed by atoms with E-state index in [1.807, 2.05) is 24.3 Å². The molecule has 1 N–H and O–H groups in total. The molecular formula is C17H14BrNO3. The molecule has 0 aromatic heterocycles. The van der Waals surface area contributed by atoms with Crippen molar-refractivity contribution in [2.75, 3.05) is 18.5 Å². The van der Waals surface area contributed by atoms with Gasteiger partial charge in [-0.05, 0) is 29.3 Å². The van der Waals surface area contributed by atoms with E-state index in [4.69, 9.17) is 9.47 Å². The molecule has 2 aromatic carbocycles. The molecule has 0 saturated carbocycles. The highest BCUT2D eigenvalue weighted by atomic mass is 79.9. The predicted octanol–water partition coefficient (Wildman–Crippen LogP) is 3.69. The summed E-state index contributed by atoms with van der Waals surface area (Å²) in [6.45, 7) is 1.09. The van der Waals surface area contributed by atoms with Crippen LogP contribution in [-0.4, -0.2) is 19.1 Å². The lowest BCUT2D eigenvalue weighted by Crippen LogP contribution is -2.24. The van der Waals surface area contributed by atoms with Crippen LogP contribution in [0, 0.1) is 0 Å². The van der Waals surface area contributed by atoms with Crippen LogP contribution in [0.15, 0.2) is 40.9 Å². The monoisotopic (exact) mass is 359 g/mol. The molecule has 2 aliphatic heterocycles. The van der Waals surface area contributed by atoms with E-state index in [-0.39, 0.29) is 11.8 Å². The molecule has 112 valence electrons. The molecule has 4 nitrogen and oxygen atoms in total. The molecule has 22 heavy (non-hydrogen) atoms. The Kier molecular flexibility index (Phi) is 3.30. The Morgan fingerprint density at radius 1 is 1.09 bits per heavy atom. The van der Waals surface area contributed by atoms with E-state index in [1.54, 1.807) is 0 Å². The Balaban J connectivity index is 1.84. The summed E-state index contributed by atoms with van der Waals surface area (Å²) in [5.41, 5.74) is 2.99. The second kappa shape index (κ2) is 5.32. The average molecular weight is 360 g/mol. The minimum absolute atomic E-state index is 0.0224. The van der Waals surface area contributed by atoms with Gasteiger partial charge in [0.15, 0.2) is 11.5 Å². The van der Waals surface area contributed by atoms with Crippen LogP contribution in [-0.2, 0) is 4.79 Å². The third-order valence-corrected chi connectivity index (χ3v) is 4.50. The van der Waals surface area contributed by atoms with E-state index in [0.29, 0.717) is 25.4 Å². The Bertz CT molecular complexity index is 760. The highest BCUT2D eigenvalue weighted by Crippen LogP contribution is 2.44. The smallest absolute Gasteiger partial charge is 0.225 e. The van der Waals surface area contributed by atoms with Crippen molar-refractivity contribution >= 4 is 27.5 Å². The molecule has 0 radical (unpaired) electrons. The standard InChI is InChI=1S/C17H14BrNO3/c18-11-3-1-2-10(6-11)12-8-17(20)19-14-9-16-15(7-13(12)14)21-4-5-22-16/h1-3,6-7,9,12H,4-5,8H2,(H,19,20)/t12-/m0/s1. The molecule has 1 atom stereocenters. The predicted molar refractivity (Wildman–Crippen MR) is 86.7 cm³/mol. The molecule has 0 bridgehead atoms. The van der Waals surface area contributed by atoms with Crippen LogP contribution in [0.2, 0.25) is 0 Å². The fraction of sp³-hybridized carbons (Fsp3) is 0.235. The lowest BCUT2D eigenvalue weighted by Gasteiger charge is -2.29. The maximum absolute atomic E-state index is 12.1. The summed E-state index contributed by atoms with van der Waals surface area (Å²) in [7, 11) is 0. The van der Waals surface area contributed by atoms with Gasteiger partial charge in [0.1, 0.15) is 13.2 Å². The van der Waals surface area contributed by atoms with Gasteiger partial charge in [0.05, 0.1) is 0 Å². The van der Waals surface area contributed by atoms with E-state index in [0.717, 1.165) is 27.0 Å². The molecule has 5 heteroatoms. The molecule has 2 aromatic rings. The first-order chi connectivity index (χ1) is 10.7.